The molecule has 6 nitrogen and oxygen atoms in total. The molecule has 0 bridgehead atoms. The zero-order valence-corrected chi connectivity index (χ0v) is 13.1. The third kappa shape index (κ3) is 2.12. The number of amides is 1. The maximum Gasteiger partial charge on any atom is 0.338 e. The maximum atomic E-state index is 12.0. The van der Waals surface area contributed by atoms with Crippen LogP contribution in [0.4, 0.5) is 0 Å². The molecule has 3 rings (SSSR count). The molecule has 2 aliphatic rings. The monoisotopic (exact) mass is 367 g/mol. The van der Waals surface area contributed by atoms with Crippen LogP contribution in [0.2, 0.25) is 0 Å². The smallest absolute Gasteiger partial charge is 0.338 e. The SMILES string of the molecule is O=C1C[C@H]2O/C(=C\CO)[C@](Cc3ccc(Br)cc3)(C(=O)O)N12. The molecule has 0 radical (unpaired) electrons. The molecular formula is C15H14BrNO5. The molecule has 22 heavy (non-hydrogen) atoms. The molecular weight excluding hydrogens is 354 g/mol. The van der Waals surface area contributed by atoms with Crippen LogP contribution in [0.25, 0.3) is 0 Å². The predicted octanol–water partition coefficient (Wildman–Crippen LogP) is 1.28. The lowest BCUT2D eigenvalue weighted by Crippen LogP contribution is -2.63. The summed E-state index contributed by atoms with van der Waals surface area (Å²) < 4.78 is 6.44. The van der Waals surface area contributed by atoms with E-state index in [2.05, 4.69) is 15.9 Å². The molecule has 2 atom stereocenters. The number of carbonyl (C=O) groups is 2. The Kier molecular flexibility index (Phi) is 3.70. The van der Waals surface area contributed by atoms with Gasteiger partial charge in [0.2, 0.25) is 11.4 Å². The highest BCUT2D eigenvalue weighted by atomic mass is 79.9. The number of aliphatic hydroxyl groups excluding tert-OH is 1. The van der Waals surface area contributed by atoms with E-state index in [4.69, 9.17) is 9.84 Å². The Morgan fingerprint density at radius 2 is 2.14 bits per heavy atom. The number of rotatable bonds is 4. The molecule has 116 valence electrons. The molecule has 2 aliphatic heterocycles. The van der Waals surface area contributed by atoms with E-state index in [1.165, 1.54) is 11.0 Å². The molecule has 1 aromatic carbocycles. The highest BCUT2D eigenvalue weighted by Crippen LogP contribution is 2.46. The normalized spacial score (nSPS) is 28.3. The summed E-state index contributed by atoms with van der Waals surface area (Å²) in [4.78, 5) is 25.2. The summed E-state index contributed by atoms with van der Waals surface area (Å²) in [6.45, 7) is -0.348. The summed E-state index contributed by atoms with van der Waals surface area (Å²) >= 11 is 3.33. The molecule has 0 spiro atoms. The molecule has 7 heteroatoms. The molecule has 2 saturated heterocycles. The van der Waals surface area contributed by atoms with Crippen molar-refractivity contribution in [1.82, 2.24) is 4.90 Å². The number of aliphatic carboxylic acids is 1. The Morgan fingerprint density at radius 1 is 1.45 bits per heavy atom. The molecule has 0 saturated carbocycles. The number of aliphatic hydroxyl groups is 1. The molecule has 0 aromatic heterocycles. The van der Waals surface area contributed by atoms with Crippen molar-refractivity contribution < 1.29 is 24.5 Å². The number of β-lactam (4-membered cyclic amide) rings is 1. The minimum absolute atomic E-state index is 0.0870. The first-order valence-electron chi connectivity index (χ1n) is 6.77. The number of hydrogen-bond donors (Lipinski definition) is 2. The van der Waals surface area contributed by atoms with Crippen molar-refractivity contribution in [3.8, 4) is 0 Å². The first-order valence-corrected chi connectivity index (χ1v) is 7.56. The van der Waals surface area contributed by atoms with Crippen LogP contribution in [-0.4, -0.2) is 45.4 Å². The van der Waals surface area contributed by atoms with Gasteiger partial charge in [0, 0.05) is 10.9 Å². The fourth-order valence-electron chi connectivity index (χ4n) is 2.96. The van der Waals surface area contributed by atoms with Crippen LogP contribution in [0.3, 0.4) is 0 Å². The summed E-state index contributed by atoms with van der Waals surface area (Å²) in [7, 11) is 0. The highest BCUT2D eigenvalue weighted by molar-refractivity contribution is 9.10. The Labute approximate surface area is 135 Å². The third-order valence-electron chi connectivity index (χ3n) is 3.99. The topological polar surface area (TPSA) is 87.1 Å². The van der Waals surface area contributed by atoms with Crippen molar-refractivity contribution in [3.05, 3.63) is 46.1 Å². The lowest BCUT2D eigenvalue weighted by atomic mass is 9.85. The van der Waals surface area contributed by atoms with Gasteiger partial charge in [0.15, 0.2) is 6.23 Å². The zero-order valence-electron chi connectivity index (χ0n) is 11.5. The number of nitrogens with zero attached hydrogens (tertiary/aromatic N) is 1. The summed E-state index contributed by atoms with van der Waals surface area (Å²) in [6, 6.07) is 7.21. The summed E-state index contributed by atoms with van der Waals surface area (Å²) in [5.74, 6) is -1.29. The van der Waals surface area contributed by atoms with Crippen LogP contribution in [-0.2, 0) is 20.7 Å². The Morgan fingerprint density at radius 3 is 2.68 bits per heavy atom. The van der Waals surface area contributed by atoms with E-state index in [1.807, 2.05) is 12.1 Å². The molecule has 0 aliphatic carbocycles. The van der Waals surface area contributed by atoms with Gasteiger partial charge >= 0.3 is 5.97 Å². The minimum atomic E-state index is -1.59. The average Bonchev–Trinajstić information content (AvgIpc) is 2.71. The van der Waals surface area contributed by atoms with Gasteiger partial charge in [-0.15, -0.1) is 0 Å². The quantitative estimate of drug-likeness (QED) is 0.782. The van der Waals surface area contributed by atoms with Crippen molar-refractivity contribution in [1.29, 1.82) is 0 Å². The van der Waals surface area contributed by atoms with E-state index in [0.717, 1.165) is 10.0 Å². The van der Waals surface area contributed by atoms with Crippen molar-refractivity contribution >= 4 is 27.8 Å². The number of ether oxygens (including phenoxy) is 1. The van der Waals surface area contributed by atoms with Gasteiger partial charge in [-0.05, 0) is 23.8 Å². The second-order valence-corrected chi connectivity index (χ2v) is 6.18. The average molecular weight is 368 g/mol. The molecule has 2 fully saturated rings. The van der Waals surface area contributed by atoms with Crippen molar-refractivity contribution in [2.45, 2.75) is 24.6 Å². The summed E-state index contributed by atoms with van der Waals surface area (Å²) in [6.07, 6.45) is 1.01. The van der Waals surface area contributed by atoms with E-state index in [1.54, 1.807) is 12.1 Å². The number of halogens is 1. The second kappa shape index (κ2) is 5.40. The van der Waals surface area contributed by atoms with Gasteiger partial charge in [-0.2, -0.15) is 0 Å². The van der Waals surface area contributed by atoms with Gasteiger partial charge in [-0.3, -0.25) is 9.69 Å². The number of hydrogen-bond acceptors (Lipinski definition) is 4. The van der Waals surface area contributed by atoms with Crippen molar-refractivity contribution in [3.63, 3.8) is 0 Å². The van der Waals surface area contributed by atoms with Gasteiger partial charge in [-0.25, -0.2) is 4.79 Å². The van der Waals surface area contributed by atoms with Gasteiger partial charge in [0.1, 0.15) is 5.76 Å². The van der Waals surface area contributed by atoms with Crippen LogP contribution in [0.1, 0.15) is 12.0 Å². The van der Waals surface area contributed by atoms with E-state index >= 15 is 0 Å². The molecule has 1 aromatic rings. The van der Waals surface area contributed by atoms with E-state index in [9.17, 15) is 14.7 Å². The van der Waals surface area contributed by atoms with E-state index in [-0.39, 0.29) is 31.1 Å². The fraction of sp³-hybridized carbons (Fsp3) is 0.333. The predicted molar refractivity (Wildman–Crippen MR) is 79.7 cm³/mol. The number of carboxylic acids is 1. The number of carbonyl (C=O) groups excluding carboxylic acids is 1. The first kappa shape index (κ1) is 15.1. The second-order valence-electron chi connectivity index (χ2n) is 5.26. The van der Waals surface area contributed by atoms with Crippen LogP contribution in [0.15, 0.2) is 40.6 Å². The van der Waals surface area contributed by atoms with Gasteiger partial charge in [0.25, 0.3) is 0 Å². The Hall–Kier alpha value is -1.86. The fourth-order valence-corrected chi connectivity index (χ4v) is 3.22. The van der Waals surface area contributed by atoms with Gasteiger partial charge < -0.3 is 14.9 Å². The van der Waals surface area contributed by atoms with Crippen LogP contribution in [0.5, 0.6) is 0 Å². The lowest BCUT2D eigenvalue weighted by molar-refractivity contribution is -0.170. The lowest BCUT2D eigenvalue weighted by Gasteiger charge is -2.40. The number of carboxylic acid groups (broad SMARTS) is 1. The van der Waals surface area contributed by atoms with Gasteiger partial charge in [-0.1, -0.05) is 28.1 Å². The van der Waals surface area contributed by atoms with Crippen LogP contribution in [0, 0.1) is 0 Å². The van der Waals surface area contributed by atoms with Crippen LogP contribution >= 0.6 is 15.9 Å². The first-order chi connectivity index (χ1) is 10.5. The Bertz CT molecular complexity index is 656. The number of benzene rings is 1. The summed E-state index contributed by atoms with van der Waals surface area (Å²) in [5.41, 5.74) is -0.824. The van der Waals surface area contributed by atoms with Crippen molar-refractivity contribution in [2.24, 2.45) is 0 Å². The van der Waals surface area contributed by atoms with E-state index < -0.39 is 17.7 Å². The molecule has 2 heterocycles. The van der Waals surface area contributed by atoms with Crippen molar-refractivity contribution in [2.75, 3.05) is 6.61 Å². The zero-order chi connectivity index (χ0) is 15.9. The minimum Gasteiger partial charge on any atom is -0.479 e. The standard InChI is InChI=1S/C15H14BrNO5/c16-10-3-1-9(2-4-10)8-15(14(20)21)11(5-6-18)22-13-7-12(19)17(13)15/h1-5,13,18H,6-8H2,(H,20,21)/b11-5-/t13-,15-/m1/s1. The van der Waals surface area contributed by atoms with Gasteiger partial charge in [0.05, 0.1) is 13.0 Å². The van der Waals surface area contributed by atoms with E-state index in [0.29, 0.717) is 0 Å². The summed E-state index contributed by atoms with van der Waals surface area (Å²) in [5, 5.41) is 19.0. The molecule has 2 N–H and O–H groups in total. The number of fused-ring (bicyclic) bond motifs is 1. The van der Waals surface area contributed by atoms with Crippen LogP contribution < -0.4 is 0 Å². The highest BCUT2D eigenvalue weighted by Gasteiger charge is 2.64. The Balaban J connectivity index is 2.05. The maximum absolute atomic E-state index is 12.0. The largest absolute Gasteiger partial charge is 0.479 e. The molecule has 1 amide bonds. The third-order valence-corrected chi connectivity index (χ3v) is 4.52. The molecule has 0 unspecified atom stereocenters.